The maximum atomic E-state index is 13.8. The first-order chi connectivity index (χ1) is 19.4. The van der Waals surface area contributed by atoms with Crippen molar-refractivity contribution in [3.05, 3.63) is 125 Å². The van der Waals surface area contributed by atoms with Crippen LogP contribution in [-0.2, 0) is 16.1 Å². The maximum Gasteiger partial charge on any atom is 0.338 e. The van der Waals surface area contributed by atoms with E-state index in [-0.39, 0.29) is 18.8 Å². The minimum atomic E-state index is -0.645. The van der Waals surface area contributed by atoms with Crippen LogP contribution in [0.1, 0.15) is 36.6 Å². The van der Waals surface area contributed by atoms with Gasteiger partial charge in [-0.3, -0.25) is 9.36 Å². The van der Waals surface area contributed by atoms with Gasteiger partial charge in [0, 0.05) is 10.6 Å². The highest BCUT2D eigenvalue weighted by Crippen LogP contribution is 2.31. The molecule has 5 rings (SSSR count). The highest BCUT2D eigenvalue weighted by atomic mass is 35.5. The van der Waals surface area contributed by atoms with E-state index in [4.69, 9.17) is 25.8 Å². The van der Waals surface area contributed by atoms with Crippen LogP contribution >= 0.6 is 22.9 Å². The van der Waals surface area contributed by atoms with Crippen molar-refractivity contribution in [3.8, 4) is 11.5 Å². The van der Waals surface area contributed by atoms with Gasteiger partial charge in [0.2, 0.25) is 0 Å². The van der Waals surface area contributed by atoms with Gasteiger partial charge < -0.3 is 14.2 Å². The molecule has 1 aromatic heterocycles. The van der Waals surface area contributed by atoms with Gasteiger partial charge in [-0.2, -0.15) is 0 Å². The SMILES string of the molecule is CCOC(=O)C1=C(C)N=c2sc(=Cc3ccc(OCc4ccccc4Cl)c(OC)c3)c(=O)n2C1c1ccccc1. The number of allylic oxidation sites excluding steroid dienone is 1. The minimum Gasteiger partial charge on any atom is -0.493 e. The molecule has 0 bridgehead atoms. The molecule has 9 heteroatoms. The fourth-order valence-electron chi connectivity index (χ4n) is 4.56. The van der Waals surface area contributed by atoms with Gasteiger partial charge in [-0.1, -0.05) is 77.5 Å². The zero-order valence-corrected chi connectivity index (χ0v) is 23.8. The second kappa shape index (κ2) is 11.9. The lowest BCUT2D eigenvalue weighted by Crippen LogP contribution is -2.39. The Kier molecular flexibility index (Phi) is 8.19. The molecule has 3 aromatic carbocycles. The number of benzene rings is 3. The molecule has 1 aliphatic heterocycles. The van der Waals surface area contributed by atoms with Crippen LogP contribution in [0.5, 0.6) is 11.5 Å². The van der Waals surface area contributed by atoms with Crippen molar-refractivity contribution in [2.24, 2.45) is 4.99 Å². The standard InChI is InChI=1S/C31H27ClN2O5S/c1-4-38-30(36)27-19(2)33-31-34(28(27)21-10-6-5-7-11-21)29(35)26(40-31)17-20-14-15-24(25(16-20)37-3)39-18-22-12-8-9-13-23(22)32/h5-17,28H,4,18H2,1-3H3. The molecule has 0 spiro atoms. The first-order valence-corrected chi connectivity index (χ1v) is 13.9. The molecular formula is C31H27ClN2O5S. The van der Waals surface area contributed by atoms with Gasteiger partial charge in [-0.15, -0.1) is 0 Å². The second-order valence-corrected chi connectivity index (χ2v) is 10.4. The summed E-state index contributed by atoms with van der Waals surface area (Å²) >= 11 is 7.52. The number of ether oxygens (including phenoxy) is 3. The van der Waals surface area contributed by atoms with Crippen molar-refractivity contribution in [1.29, 1.82) is 0 Å². The number of halogens is 1. The Balaban J connectivity index is 1.54. The summed E-state index contributed by atoms with van der Waals surface area (Å²) in [4.78, 5) is 31.9. The molecule has 204 valence electrons. The van der Waals surface area contributed by atoms with Crippen LogP contribution in [0.2, 0.25) is 5.02 Å². The summed E-state index contributed by atoms with van der Waals surface area (Å²) in [6.07, 6.45) is 1.79. The number of carbonyl (C=O) groups excluding carboxylic acids is 1. The van der Waals surface area contributed by atoms with E-state index < -0.39 is 12.0 Å². The van der Waals surface area contributed by atoms with E-state index in [1.54, 1.807) is 37.7 Å². The van der Waals surface area contributed by atoms with Crippen LogP contribution in [0.15, 0.2) is 93.9 Å². The van der Waals surface area contributed by atoms with E-state index >= 15 is 0 Å². The number of carbonyl (C=O) groups is 1. The fraction of sp³-hybridized carbons (Fsp3) is 0.194. The molecule has 0 N–H and O–H groups in total. The number of hydrogen-bond donors (Lipinski definition) is 0. The molecule has 0 radical (unpaired) electrons. The average molecular weight is 575 g/mol. The quantitative estimate of drug-likeness (QED) is 0.276. The highest BCUT2D eigenvalue weighted by Gasteiger charge is 2.33. The van der Waals surface area contributed by atoms with Crippen molar-refractivity contribution < 1.29 is 19.0 Å². The number of rotatable bonds is 8. The van der Waals surface area contributed by atoms with Gasteiger partial charge in [0.1, 0.15) is 6.61 Å². The van der Waals surface area contributed by atoms with Crippen molar-refractivity contribution >= 4 is 35.0 Å². The molecule has 0 amide bonds. The molecule has 40 heavy (non-hydrogen) atoms. The number of esters is 1. The van der Waals surface area contributed by atoms with Gasteiger partial charge in [0.15, 0.2) is 16.3 Å². The monoisotopic (exact) mass is 574 g/mol. The molecule has 0 fully saturated rings. The van der Waals surface area contributed by atoms with Gasteiger partial charge in [-0.25, -0.2) is 9.79 Å². The third-order valence-electron chi connectivity index (χ3n) is 6.46. The lowest BCUT2D eigenvalue weighted by Gasteiger charge is -2.24. The summed E-state index contributed by atoms with van der Waals surface area (Å²) in [7, 11) is 1.56. The minimum absolute atomic E-state index is 0.224. The number of methoxy groups -OCH3 is 1. The van der Waals surface area contributed by atoms with Crippen LogP contribution in [0, 0.1) is 0 Å². The van der Waals surface area contributed by atoms with Gasteiger partial charge in [0.25, 0.3) is 5.56 Å². The summed E-state index contributed by atoms with van der Waals surface area (Å²) in [6, 6.07) is 21.7. The van der Waals surface area contributed by atoms with Crippen molar-refractivity contribution in [2.75, 3.05) is 13.7 Å². The third kappa shape index (κ3) is 5.46. The van der Waals surface area contributed by atoms with Crippen molar-refractivity contribution in [2.45, 2.75) is 26.5 Å². The Morgan fingerprint density at radius 1 is 1.07 bits per heavy atom. The fourth-order valence-corrected chi connectivity index (χ4v) is 5.79. The van der Waals surface area contributed by atoms with Gasteiger partial charge in [0.05, 0.1) is 35.6 Å². The average Bonchev–Trinajstić information content (AvgIpc) is 3.26. The summed E-state index contributed by atoms with van der Waals surface area (Å²) in [5.41, 5.74) is 3.06. The second-order valence-electron chi connectivity index (χ2n) is 9.00. The zero-order valence-electron chi connectivity index (χ0n) is 22.2. The van der Waals surface area contributed by atoms with E-state index in [1.807, 2.05) is 66.7 Å². The lowest BCUT2D eigenvalue weighted by molar-refractivity contribution is -0.139. The van der Waals surface area contributed by atoms with E-state index in [1.165, 1.54) is 11.3 Å². The molecule has 4 aromatic rings. The first kappa shape index (κ1) is 27.4. The van der Waals surface area contributed by atoms with Gasteiger partial charge in [-0.05, 0) is 49.2 Å². The Bertz CT molecular complexity index is 1780. The number of hydrogen-bond acceptors (Lipinski definition) is 7. The van der Waals surface area contributed by atoms with Crippen molar-refractivity contribution in [3.63, 3.8) is 0 Å². The van der Waals surface area contributed by atoms with E-state index in [0.29, 0.717) is 37.1 Å². The van der Waals surface area contributed by atoms with E-state index in [9.17, 15) is 9.59 Å². The predicted molar refractivity (Wildman–Crippen MR) is 156 cm³/mol. The largest absolute Gasteiger partial charge is 0.493 e. The smallest absolute Gasteiger partial charge is 0.338 e. The third-order valence-corrected chi connectivity index (χ3v) is 7.81. The molecule has 0 saturated heterocycles. The summed E-state index contributed by atoms with van der Waals surface area (Å²) in [5, 5.41) is 0.628. The Hall–Kier alpha value is -4.14. The molecular weight excluding hydrogens is 548 g/mol. The molecule has 1 aliphatic rings. The zero-order chi connectivity index (χ0) is 28.2. The van der Waals surface area contributed by atoms with Crippen LogP contribution in [0.3, 0.4) is 0 Å². The number of nitrogens with zero attached hydrogens (tertiary/aromatic N) is 2. The molecule has 0 aliphatic carbocycles. The van der Waals surface area contributed by atoms with Crippen LogP contribution in [-0.4, -0.2) is 24.3 Å². The highest BCUT2D eigenvalue weighted by molar-refractivity contribution is 7.07. The summed E-state index contributed by atoms with van der Waals surface area (Å²) in [5.74, 6) is 0.597. The van der Waals surface area contributed by atoms with E-state index in [2.05, 4.69) is 4.99 Å². The Morgan fingerprint density at radius 3 is 2.55 bits per heavy atom. The van der Waals surface area contributed by atoms with Crippen LogP contribution in [0.4, 0.5) is 0 Å². The Labute approximate surface area is 240 Å². The van der Waals surface area contributed by atoms with Crippen LogP contribution < -0.4 is 24.4 Å². The maximum absolute atomic E-state index is 13.8. The molecule has 7 nitrogen and oxygen atoms in total. The predicted octanol–water partition coefficient (Wildman–Crippen LogP) is 5.04. The summed E-state index contributed by atoms with van der Waals surface area (Å²) < 4.78 is 18.9. The Morgan fingerprint density at radius 2 is 1.82 bits per heavy atom. The molecule has 2 heterocycles. The molecule has 1 unspecified atom stereocenters. The lowest BCUT2D eigenvalue weighted by atomic mass is 9.96. The van der Waals surface area contributed by atoms with Crippen LogP contribution in [0.25, 0.3) is 6.08 Å². The molecule has 1 atom stereocenters. The van der Waals surface area contributed by atoms with Gasteiger partial charge >= 0.3 is 5.97 Å². The topological polar surface area (TPSA) is 79.1 Å². The van der Waals surface area contributed by atoms with E-state index in [0.717, 1.165) is 16.7 Å². The number of thiazole rings is 1. The normalized spacial score (nSPS) is 14.9. The molecule has 0 saturated carbocycles. The number of fused-ring (bicyclic) bond motifs is 1. The summed E-state index contributed by atoms with van der Waals surface area (Å²) in [6.45, 7) is 4.03. The number of aromatic nitrogens is 1. The van der Waals surface area contributed by atoms with Crippen molar-refractivity contribution in [1.82, 2.24) is 4.57 Å². The first-order valence-electron chi connectivity index (χ1n) is 12.7.